The Bertz CT molecular complexity index is 1300. The zero-order valence-electron chi connectivity index (χ0n) is 18.7. The highest BCUT2D eigenvalue weighted by Crippen LogP contribution is 2.27. The van der Waals surface area contributed by atoms with Gasteiger partial charge in [-0.3, -0.25) is 5.32 Å². The van der Waals surface area contributed by atoms with Crippen LogP contribution < -0.4 is 15.4 Å². The predicted molar refractivity (Wildman–Crippen MR) is 128 cm³/mol. The van der Waals surface area contributed by atoms with Crippen molar-refractivity contribution in [3.63, 3.8) is 0 Å². The standard InChI is InChI=1S/C24H22ClFN6O2/c1-24(2,3)19-12-21(32(31-19)17-8-4-15(26)5-9-17)30-23(33)29-16-6-10-18(11-7-16)34-22-13-20(25)27-14-28-22/h4-14H,1-3H3,(H2,29,30,33). The van der Waals surface area contributed by atoms with Crippen LogP contribution in [0.2, 0.25) is 5.15 Å². The minimum Gasteiger partial charge on any atom is -0.439 e. The maximum atomic E-state index is 13.4. The lowest BCUT2D eigenvalue weighted by atomic mass is 9.92. The van der Waals surface area contributed by atoms with Gasteiger partial charge in [0.15, 0.2) is 0 Å². The van der Waals surface area contributed by atoms with Gasteiger partial charge in [-0.15, -0.1) is 0 Å². The van der Waals surface area contributed by atoms with Crippen molar-refractivity contribution in [3.05, 3.63) is 83.7 Å². The zero-order chi connectivity index (χ0) is 24.3. The Morgan fingerprint density at radius 1 is 1.00 bits per heavy atom. The van der Waals surface area contributed by atoms with Gasteiger partial charge in [-0.2, -0.15) is 5.10 Å². The van der Waals surface area contributed by atoms with Crippen LogP contribution in [0.1, 0.15) is 26.5 Å². The number of rotatable bonds is 5. The molecule has 34 heavy (non-hydrogen) atoms. The lowest BCUT2D eigenvalue weighted by Crippen LogP contribution is -2.21. The summed E-state index contributed by atoms with van der Waals surface area (Å²) >= 11 is 5.84. The van der Waals surface area contributed by atoms with Crippen molar-refractivity contribution in [1.82, 2.24) is 19.7 Å². The number of hydrogen-bond donors (Lipinski definition) is 2. The zero-order valence-corrected chi connectivity index (χ0v) is 19.5. The molecule has 2 N–H and O–H groups in total. The first-order chi connectivity index (χ1) is 16.2. The van der Waals surface area contributed by atoms with Crippen molar-refractivity contribution in [3.8, 4) is 17.3 Å². The number of carbonyl (C=O) groups is 1. The summed E-state index contributed by atoms with van der Waals surface area (Å²) in [6.45, 7) is 6.06. The number of halogens is 2. The Balaban J connectivity index is 1.48. The molecule has 8 nitrogen and oxygen atoms in total. The molecule has 0 fully saturated rings. The Hall–Kier alpha value is -3.98. The second kappa shape index (κ2) is 9.48. The van der Waals surface area contributed by atoms with E-state index >= 15 is 0 Å². The van der Waals surface area contributed by atoms with E-state index in [0.29, 0.717) is 28.8 Å². The third kappa shape index (κ3) is 5.68. The molecule has 174 valence electrons. The van der Waals surface area contributed by atoms with Crippen LogP contribution in [0, 0.1) is 5.82 Å². The maximum Gasteiger partial charge on any atom is 0.324 e. The first-order valence-corrected chi connectivity index (χ1v) is 10.8. The summed E-state index contributed by atoms with van der Waals surface area (Å²) in [6.07, 6.45) is 1.31. The molecular formula is C24H22ClFN6O2. The normalized spacial score (nSPS) is 11.2. The number of aromatic nitrogens is 4. The summed E-state index contributed by atoms with van der Waals surface area (Å²) in [5.74, 6) is 0.927. The number of nitrogens with one attached hydrogen (secondary N) is 2. The highest BCUT2D eigenvalue weighted by molar-refractivity contribution is 6.29. The van der Waals surface area contributed by atoms with Gasteiger partial charge in [-0.25, -0.2) is 23.8 Å². The van der Waals surface area contributed by atoms with Crippen LogP contribution in [-0.4, -0.2) is 25.8 Å². The molecule has 4 rings (SSSR count). The molecule has 0 radical (unpaired) electrons. The van der Waals surface area contributed by atoms with E-state index in [-0.39, 0.29) is 16.4 Å². The van der Waals surface area contributed by atoms with Crippen molar-refractivity contribution in [2.45, 2.75) is 26.2 Å². The van der Waals surface area contributed by atoms with Crippen LogP contribution in [0.25, 0.3) is 5.69 Å². The van der Waals surface area contributed by atoms with Gasteiger partial charge >= 0.3 is 6.03 Å². The van der Waals surface area contributed by atoms with Crippen molar-refractivity contribution >= 4 is 29.1 Å². The van der Waals surface area contributed by atoms with Gasteiger partial charge in [0.1, 0.15) is 28.9 Å². The first kappa shape index (κ1) is 23.2. The fourth-order valence-electron chi connectivity index (χ4n) is 2.99. The third-order valence-electron chi connectivity index (χ3n) is 4.73. The van der Waals surface area contributed by atoms with Gasteiger partial charge in [-0.1, -0.05) is 32.4 Å². The third-order valence-corrected chi connectivity index (χ3v) is 4.94. The second-order valence-electron chi connectivity index (χ2n) is 8.44. The lowest BCUT2D eigenvalue weighted by Gasteiger charge is -2.14. The molecule has 2 aromatic carbocycles. The molecule has 0 aliphatic carbocycles. The van der Waals surface area contributed by atoms with E-state index in [4.69, 9.17) is 16.3 Å². The molecule has 2 amide bonds. The fraction of sp³-hybridized carbons (Fsp3) is 0.167. The number of amides is 2. The average Bonchev–Trinajstić information content (AvgIpc) is 3.20. The van der Waals surface area contributed by atoms with Crippen molar-refractivity contribution < 1.29 is 13.9 Å². The minimum atomic E-state index is -0.458. The highest BCUT2D eigenvalue weighted by Gasteiger charge is 2.21. The highest BCUT2D eigenvalue weighted by atomic mass is 35.5. The summed E-state index contributed by atoms with van der Waals surface area (Å²) in [5, 5.41) is 10.5. The summed E-state index contributed by atoms with van der Waals surface area (Å²) in [4.78, 5) is 20.5. The van der Waals surface area contributed by atoms with Gasteiger partial charge in [0.05, 0.1) is 11.4 Å². The number of urea groups is 1. The summed E-state index contributed by atoms with van der Waals surface area (Å²) in [6, 6.07) is 15.5. The Labute approximate surface area is 200 Å². The van der Waals surface area contributed by atoms with E-state index in [2.05, 4.69) is 25.7 Å². The van der Waals surface area contributed by atoms with Crippen LogP contribution in [0.4, 0.5) is 20.7 Å². The Kier molecular flexibility index (Phi) is 6.47. The van der Waals surface area contributed by atoms with Crippen LogP contribution in [0.15, 0.2) is 67.0 Å². The van der Waals surface area contributed by atoms with E-state index in [1.807, 2.05) is 20.8 Å². The van der Waals surface area contributed by atoms with Gasteiger partial charge in [0.2, 0.25) is 5.88 Å². The van der Waals surface area contributed by atoms with Gasteiger partial charge < -0.3 is 10.1 Å². The number of ether oxygens (including phenoxy) is 1. The van der Waals surface area contributed by atoms with Gasteiger partial charge in [-0.05, 0) is 48.5 Å². The average molecular weight is 481 g/mol. The molecule has 0 aliphatic heterocycles. The molecule has 0 bridgehead atoms. The van der Waals surface area contributed by atoms with Crippen LogP contribution in [0.5, 0.6) is 11.6 Å². The summed E-state index contributed by atoms with van der Waals surface area (Å²) in [7, 11) is 0. The smallest absolute Gasteiger partial charge is 0.324 e. The monoisotopic (exact) mass is 480 g/mol. The predicted octanol–water partition coefficient (Wildman–Crippen LogP) is 6.19. The largest absolute Gasteiger partial charge is 0.439 e. The van der Waals surface area contributed by atoms with E-state index < -0.39 is 6.03 Å². The molecule has 2 heterocycles. The molecule has 0 saturated heterocycles. The van der Waals surface area contributed by atoms with E-state index in [1.54, 1.807) is 47.1 Å². The number of hydrogen-bond acceptors (Lipinski definition) is 5. The molecule has 0 unspecified atom stereocenters. The quantitative estimate of drug-likeness (QED) is 0.332. The SMILES string of the molecule is CC(C)(C)c1cc(NC(=O)Nc2ccc(Oc3cc(Cl)ncn3)cc2)n(-c2ccc(F)cc2)n1. The molecule has 0 spiro atoms. The number of nitrogens with zero attached hydrogens (tertiary/aromatic N) is 4. The van der Waals surface area contributed by atoms with Crippen molar-refractivity contribution in [2.24, 2.45) is 0 Å². The molecule has 10 heteroatoms. The van der Waals surface area contributed by atoms with Crippen LogP contribution in [0.3, 0.4) is 0 Å². The number of anilines is 2. The second-order valence-corrected chi connectivity index (χ2v) is 8.82. The van der Waals surface area contributed by atoms with Crippen LogP contribution in [-0.2, 0) is 5.41 Å². The van der Waals surface area contributed by atoms with E-state index in [9.17, 15) is 9.18 Å². The van der Waals surface area contributed by atoms with Crippen molar-refractivity contribution in [1.29, 1.82) is 0 Å². The minimum absolute atomic E-state index is 0.248. The van der Waals surface area contributed by atoms with Crippen molar-refractivity contribution in [2.75, 3.05) is 10.6 Å². The molecular weight excluding hydrogens is 459 g/mol. The van der Waals surface area contributed by atoms with Gasteiger partial charge in [0, 0.05) is 23.2 Å². The maximum absolute atomic E-state index is 13.4. The lowest BCUT2D eigenvalue weighted by molar-refractivity contribution is 0.262. The summed E-state index contributed by atoms with van der Waals surface area (Å²) in [5.41, 5.74) is 1.70. The molecule has 4 aromatic rings. The fourth-order valence-corrected chi connectivity index (χ4v) is 3.13. The first-order valence-electron chi connectivity index (χ1n) is 10.4. The molecule has 0 atom stereocenters. The Morgan fingerprint density at radius 2 is 1.71 bits per heavy atom. The molecule has 2 aromatic heterocycles. The summed E-state index contributed by atoms with van der Waals surface area (Å²) < 4.78 is 20.6. The topological polar surface area (TPSA) is 94.0 Å². The van der Waals surface area contributed by atoms with Crippen LogP contribution >= 0.6 is 11.6 Å². The Morgan fingerprint density at radius 3 is 2.35 bits per heavy atom. The number of benzene rings is 2. The molecule has 0 saturated carbocycles. The van der Waals surface area contributed by atoms with E-state index in [1.165, 1.54) is 24.5 Å². The van der Waals surface area contributed by atoms with Gasteiger partial charge in [0.25, 0.3) is 0 Å². The van der Waals surface area contributed by atoms with E-state index in [0.717, 1.165) is 5.69 Å². The number of carbonyl (C=O) groups excluding carboxylic acids is 1. The molecule has 0 aliphatic rings.